The molecular weight excluding hydrogens is 404 g/mol. The summed E-state index contributed by atoms with van der Waals surface area (Å²) in [5.41, 5.74) is 6.00. The number of thiazole rings is 1. The zero-order valence-corrected chi connectivity index (χ0v) is 17.2. The number of pyridine rings is 1. The van der Waals surface area contributed by atoms with Gasteiger partial charge in [0.25, 0.3) is 0 Å². The number of nitrogens with zero attached hydrogens (tertiary/aromatic N) is 3. The summed E-state index contributed by atoms with van der Waals surface area (Å²) >= 11 is 8.13. The maximum atomic E-state index is 11.8. The summed E-state index contributed by atoms with van der Waals surface area (Å²) in [5.74, 6) is 0. The first-order valence-corrected chi connectivity index (χ1v) is 10.2. The van der Waals surface area contributed by atoms with E-state index in [1.54, 1.807) is 17.4 Å². The number of aromatic nitrogens is 4. The van der Waals surface area contributed by atoms with Crippen LogP contribution in [0.1, 0.15) is 10.6 Å². The van der Waals surface area contributed by atoms with Crippen LogP contribution in [0.5, 0.6) is 0 Å². The molecule has 2 aromatic carbocycles. The molecule has 0 atom stereocenters. The maximum Gasteiger partial charge on any atom is 0.249 e. The highest BCUT2D eigenvalue weighted by Crippen LogP contribution is 2.36. The van der Waals surface area contributed by atoms with Crippen LogP contribution in [0.4, 0.5) is 0 Å². The average molecular weight is 419 g/mol. The number of hydrogen-bond donors (Lipinski definition) is 1. The molecule has 3 heterocycles. The van der Waals surface area contributed by atoms with E-state index in [-0.39, 0.29) is 5.56 Å². The van der Waals surface area contributed by atoms with Crippen molar-refractivity contribution in [1.29, 1.82) is 0 Å². The molecule has 5 aromatic rings. The molecule has 7 heteroatoms. The molecule has 0 spiro atoms. The third-order valence-corrected chi connectivity index (χ3v) is 5.92. The molecule has 0 bridgehead atoms. The van der Waals surface area contributed by atoms with Crippen LogP contribution in [-0.2, 0) is 0 Å². The van der Waals surface area contributed by atoms with E-state index in [0.717, 1.165) is 31.9 Å². The molecule has 0 aliphatic rings. The maximum absolute atomic E-state index is 11.8. The van der Waals surface area contributed by atoms with Crippen molar-refractivity contribution >= 4 is 44.3 Å². The van der Waals surface area contributed by atoms with Gasteiger partial charge in [0.15, 0.2) is 5.65 Å². The van der Waals surface area contributed by atoms with E-state index in [2.05, 4.69) is 9.97 Å². The van der Waals surface area contributed by atoms with Crippen molar-refractivity contribution < 1.29 is 0 Å². The molecule has 0 saturated heterocycles. The normalized spacial score (nSPS) is 11.4. The van der Waals surface area contributed by atoms with E-state index in [9.17, 15) is 4.79 Å². The van der Waals surface area contributed by atoms with Gasteiger partial charge >= 0.3 is 0 Å². The minimum Gasteiger partial charge on any atom is -0.305 e. The monoisotopic (exact) mass is 418 g/mol. The van der Waals surface area contributed by atoms with Crippen LogP contribution in [0.2, 0.25) is 5.02 Å². The van der Waals surface area contributed by atoms with Crippen LogP contribution in [0.15, 0.2) is 53.3 Å². The zero-order chi connectivity index (χ0) is 20.1. The van der Waals surface area contributed by atoms with Gasteiger partial charge in [0.2, 0.25) is 5.56 Å². The van der Waals surface area contributed by atoms with Crippen molar-refractivity contribution in [2.24, 2.45) is 0 Å². The van der Waals surface area contributed by atoms with Gasteiger partial charge in [-0.25, -0.2) is 15.0 Å². The molecule has 0 radical (unpaired) electrons. The average Bonchev–Trinajstić information content (AvgIpc) is 3.08. The van der Waals surface area contributed by atoms with Crippen molar-refractivity contribution in [3.05, 3.63) is 74.5 Å². The minimum absolute atomic E-state index is 0.209. The quantitative estimate of drug-likeness (QED) is 0.409. The molecular formula is C22H15ClN4OS. The molecule has 0 aliphatic heterocycles. The van der Waals surface area contributed by atoms with E-state index in [0.29, 0.717) is 27.6 Å². The lowest BCUT2D eigenvalue weighted by molar-refractivity contribution is 1.19. The summed E-state index contributed by atoms with van der Waals surface area (Å²) in [6.07, 6.45) is 0. The largest absolute Gasteiger partial charge is 0.305 e. The van der Waals surface area contributed by atoms with Gasteiger partial charge in [0, 0.05) is 17.2 Å². The Labute approximate surface area is 175 Å². The number of H-pyrrole nitrogens is 1. The summed E-state index contributed by atoms with van der Waals surface area (Å²) in [7, 11) is 0. The summed E-state index contributed by atoms with van der Waals surface area (Å²) in [4.78, 5) is 28.6. The van der Waals surface area contributed by atoms with Crippen LogP contribution in [0.3, 0.4) is 0 Å². The second-order valence-electron chi connectivity index (χ2n) is 6.88. The highest BCUT2D eigenvalue weighted by Gasteiger charge is 2.16. The molecule has 0 unspecified atom stereocenters. The van der Waals surface area contributed by atoms with E-state index in [1.807, 2.05) is 50.2 Å². The zero-order valence-electron chi connectivity index (χ0n) is 15.7. The summed E-state index contributed by atoms with van der Waals surface area (Å²) in [6.45, 7) is 4.00. The van der Waals surface area contributed by atoms with Crippen molar-refractivity contribution in [2.75, 3.05) is 0 Å². The highest BCUT2D eigenvalue weighted by atomic mass is 35.5. The van der Waals surface area contributed by atoms with E-state index >= 15 is 0 Å². The van der Waals surface area contributed by atoms with Gasteiger partial charge in [0.05, 0.1) is 26.1 Å². The van der Waals surface area contributed by atoms with Gasteiger partial charge < -0.3 is 4.98 Å². The number of fused-ring (bicyclic) bond motifs is 2. The Kier molecular flexibility index (Phi) is 4.19. The highest BCUT2D eigenvalue weighted by molar-refractivity contribution is 7.18. The number of aryl methyl sites for hydroxylation is 2. The Balaban J connectivity index is 1.84. The van der Waals surface area contributed by atoms with Gasteiger partial charge in [0.1, 0.15) is 11.0 Å². The molecule has 0 saturated carbocycles. The van der Waals surface area contributed by atoms with Crippen molar-refractivity contribution in [2.45, 2.75) is 13.8 Å². The summed E-state index contributed by atoms with van der Waals surface area (Å²) < 4.78 is 1.00. The minimum atomic E-state index is -0.209. The Morgan fingerprint density at radius 3 is 2.45 bits per heavy atom. The number of aromatic amines is 1. The lowest BCUT2D eigenvalue weighted by Crippen LogP contribution is -2.06. The Hall–Kier alpha value is -3.09. The third-order valence-electron chi connectivity index (χ3n) is 4.71. The van der Waals surface area contributed by atoms with Gasteiger partial charge in [-0.05, 0) is 32.0 Å². The van der Waals surface area contributed by atoms with Crippen LogP contribution < -0.4 is 5.56 Å². The Morgan fingerprint density at radius 2 is 1.66 bits per heavy atom. The first-order chi connectivity index (χ1) is 14.0. The third kappa shape index (κ3) is 3.20. The van der Waals surface area contributed by atoms with Gasteiger partial charge in [-0.2, -0.15) is 0 Å². The Morgan fingerprint density at radius 1 is 0.897 bits per heavy atom. The number of halogens is 1. The summed E-state index contributed by atoms with van der Waals surface area (Å²) in [5, 5.41) is 1.54. The van der Waals surface area contributed by atoms with Crippen molar-refractivity contribution in [3.8, 4) is 22.5 Å². The van der Waals surface area contributed by atoms with Crippen LogP contribution in [-0.4, -0.2) is 19.9 Å². The lowest BCUT2D eigenvalue weighted by atomic mass is 10.0. The number of rotatable bonds is 2. The molecule has 29 heavy (non-hydrogen) atoms. The topological polar surface area (TPSA) is 71.5 Å². The van der Waals surface area contributed by atoms with Crippen LogP contribution in [0, 0.1) is 13.8 Å². The second-order valence-corrected chi connectivity index (χ2v) is 8.52. The predicted octanol–water partition coefficient (Wildman–Crippen LogP) is 5.53. The number of hydrogen-bond acceptors (Lipinski definition) is 5. The second kappa shape index (κ2) is 6.76. The molecule has 1 N–H and O–H groups in total. The molecule has 5 nitrogen and oxygen atoms in total. The van der Waals surface area contributed by atoms with Crippen molar-refractivity contribution in [1.82, 2.24) is 19.9 Å². The molecule has 3 aromatic heterocycles. The first-order valence-electron chi connectivity index (χ1n) is 9.03. The number of benzene rings is 2. The molecule has 0 amide bonds. The molecule has 0 fully saturated rings. The molecule has 142 valence electrons. The van der Waals surface area contributed by atoms with Crippen LogP contribution in [0.25, 0.3) is 43.9 Å². The van der Waals surface area contributed by atoms with Gasteiger partial charge in [-0.15, -0.1) is 11.3 Å². The van der Waals surface area contributed by atoms with E-state index < -0.39 is 0 Å². The lowest BCUT2D eigenvalue weighted by Gasteiger charge is -2.11. The fourth-order valence-electron chi connectivity index (χ4n) is 3.32. The predicted molar refractivity (Wildman–Crippen MR) is 119 cm³/mol. The summed E-state index contributed by atoms with van der Waals surface area (Å²) in [6, 6.07) is 15.1. The smallest absolute Gasteiger partial charge is 0.249 e. The molecule has 0 aliphatic carbocycles. The standard InChI is InChI=1S/C22H15ClN4OS/c1-11-3-5-13(6-4-11)19-20(25-16-7-8-18(28)26-22(16)27-19)14-9-15(23)21-17(10-14)29-12(2)24-21/h3-10H,1-2H3,(H,26,27,28). The van der Waals surface area contributed by atoms with E-state index in [1.165, 1.54) is 6.07 Å². The SMILES string of the molecule is Cc1ccc(-c2nc3[nH]c(=O)ccc3nc2-c2cc(Cl)c3nc(C)sc3c2)cc1. The van der Waals surface area contributed by atoms with Gasteiger partial charge in [-0.3, -0.25) is 4.79 Å². The molecule has 5 rings (SSSR count). The first kappa shape index (κ1) is 18.0. The Bertz CT molecular complexity index is 1450. The number of nitrogens with one attached hydrogen (secondary N) is 1. The fraction of sp³-hybridized carbons (Fsp3) is 0.0909. The van der Waals surface area contributed by atoms with Crippen molar-refractivity contribution in [3.63, 3.8) is 0 Å². The van der Waals surface area contributed by atoms with Crippen LogP contribution >= 0.6 is 22.9 Å². The fourth-order valence-corrected chi connectivity index (χ4v) is 4.53. The van der Waals surface area contributed by atoms with Gasteiger partial charge in [-0.1, -0.05) is 41.4 Å². The van der Waals surface area contributed by atoms with E-state index in [4.69, 9.17) is 21.6 Å².